The van der Waals surface area contributed by atoms with Crippen LogP contribution in [-0.2, 0) is 15.9 Å². The molecule has 4 nitrogen and oxygen atoms in total. The van der Waals surface area contributed by atoms with Gasteiger partial charge < -0.3 is 9.47 Å². The fraction of sp³-hybridized carbons (Fsp3) is 0.579. The van der Waals surface area contributed by atoms with Gasteiger partial charge in [0.25, 0.3) is 0 Å². The normalized spacial score (nSPS) is 10.7. The minimum atomic E-state index is -0.476. The second kappa shape index (κ2) is 9.33. The monoisotopic (exact) mass is 320 g/mol. The van der Waals surface area contributed by atoms with Gasteiger partial charge in [-0.3, -0.25) is 0 Å². The first kappa shape index (κ1) is 19.2. The molecule has 0 N–H and O–H groups in total. The van der Waals surface area contributed by atoms with Crippen molar-refractivity contribution in [3.05, 3.63) is 34.4 Å². The van der Waals surface area contributed by atoms with E-state index in [0.29, 0.717) is 23.7 Å². The highest BCUT2D eigenvalue weighted by molar-refractivity contribution is 6.03. The van der Waals surface area contributed by atoms with Crippen molar-refractivity contribution >= 4 is 11.9 Å². The summed E-state index contributed by atoms with van der Waals surface area (Å²) in [6.45, 7) is 10.6. The molecule has 0 radical (unpaired) electrons. The van der Waals surface area contributed by atoms with Gasteiger partial charge in [0.1, 0.15) is 0 Å². The molecule has 0 amide bonds. The quantitative estimate of drug-likeness (QED) is 0.528. The first-order chi connectivity index (χ1) is 10.9. The van der Waals surface area contributed by atoms with E-state index < -0.39 is 11.9 Å². The highest BCUT2D eigenvalue weighted by Crippen LogP contribution is 2.20. The molecule has 23 heavy (non-hydrogen) atoms. The van der Waals surface area contributed by atoms with Crippen molar-refractivity contribution in [2.75, 3.05) is 13.2 Å². The third-order valence-electron chi connectivity index (χ3n) is 3.73. The Morgan fingerprint density at radius 3 is 2.22 bits per heavy atom. The average Bonchev–Trinajstić information content (AvgIpc) is 2.51. The zero-order valence-corrected chi connectivity index (χ0v) is 14.9. The number of ether oxygens (including phenoxy) is 2. The SMILES string of the molecule is CCOC(=O)c1cc(CC)c(C)cc1C(=O)OCCCC(C)C. The number of carbonyl (C=O) groups excluding carboxylic acids is 2. The van der Waals surface area contributed by atoms with Gasteiger partial charge in [-0.2, -0.15) is 0 Å². The average molecular weight is 320 g/mol. The van der Waals surface area contributed by atoms with Crippen LogP contribution in [0.4, 0.5) is 0 Å². The Bertz CT molecular complexity index is 547. The molecular weight excluding hydrogens is 292 g/mol. The Labute approximate surface area is 139 Å². The molecule has 0 atom stereocenters. The largest absolute Gasteiger partial charge is 0.462 e. The minimum absolute atomic E-state index is 0.275. The van der Waals surface area contributed by atoms with E-state index in [2.05, 4.69) is 13.8 Å². The van der Waals surface area contributed by atoms with E-state index in [0.717, 1.165) is 30.4 Å². The van der Waals surface area contributed by atoms with Crippen LogP contribution in [-0.4, -0.2) is 25.2 Å². The van der Waals surface area contributed by atoms with Gasteiger partial charge in [-0.15, -0.1) is 0 Å². The molecule has 0 heterocycles. The number of carbonyl (C=O) groups is 2. The predicted molar refractivity (Wildman–Crippen MR) is 90.9 cm³/mol. The molecule has 1 aromatic rings. The lowest BCUT2D eigenvalue weighted by atomic mass is 9.97. The molecule has 0 saturated carbocycles. The van der Waals surface area contributed by atoms with Crippen molar-refractivity contribution in [3.63, 3.8) is 0 Å². The topological polar surface area (TPSA) is 52.6 Å². The van der Waals surface area contributed by atoms with Crippen LogP contribution < -0.4 is 0 Å². The van der Waals surface area contributed by atoms with Gasteiger partial charge >= 0.3 is 11.9 Å². The van der Waals surface area contributed by atoms with E-state index in [1.54, 1.807) is 19.1 Å². The zero-order valence-electron chi connectivity index (χ0n) is 14.9. The van der Waals surface area contributed by atoms with Crippen molar-refractivity contribution in [1.82, 2.24) is 0 Å². The van der Waals surface area contributed by atoms with Crippen molar-refractivity contribution < 1.29 is 19.1 Å². The Kier molecular flexibility index (Phi) is 7.79. The Morgan fingerprint density at radius 2 is 1.65 bits per heavy atom. The van der Waals surface area contributed by atoms with Crippen LogP contribution in [0.15, 0.2) is 12.1 Å². The highest BCUT2D eigenvalue weighted by atomic mass is 16.5. The van der Waals surface area contributed by atoms with Gasteiger partial charge in [0.15, 0.2) is 0 Å². The van der Waals surface area contributed by atoms with E-state index in [1.807, 2.05) is 13.8 Å². The predicted octanol–water partition coefficient (Wildman–Crippen LogP) is 4.33. The number of rotatable bonds is 8. The standard InChI is InChI=1S/C19H28O4/c1-6-15-12-17(18(20)22-7-2)16(11-14(15)5)19(21)23-10-8-9-13(3)4/h11-13H,6-10H2,1-5H3. The van der Waals surface area contributed by atoms with Crippen molar-refractivity contribution in [2.45, 2.75) is 53.9 Å². The van der Waals surface area contributed by atoms with Gasteiger partial charge in [0.05, 0.1) is 24.3 Å². The van der Waals surface area contributed by atoms with Crippen molar-refractivity contribution in [3.8, 4) is 0 Å². The maximum atomic E-state index is 12.3. The number of hydrogen-bond acceptors (Lipinski definition) is 4. The molecule has 0 bridgehead atoms. The minimum Gasteiger partial charge on any atom is -0.462 e. The molecule has 0 aromatic heterocycles. The summed E-state index contributed by atoms with van der Waals surface area (Å²) < 4.78 is 10.4. The fourth-order valence-corrected chi connectivity index (χ4v) is 2.41. The summed E-state index contributed by atoms with van der Waals surface area (Å²) in [4.78, 5) is 24.5. The number of benzene rings is 1. The van der Waals surface area contributed by atoms with Crippen LogP contribution >= 0.6 is 0 Å². The molecule has 0 fully saturated rings. The van der Waals surface area contributed by atoms with Crippen LogP contribution in [0.3, 0.4) is 0 Å². The van der Waals surface area contributed by atoms with Crippen LogP contribution in [0, 0.1) is 12.8 Å². The first-order valence-corrected chi connectivity index (χ1v) is 8.38. The van der Waals surface area contributed by atoms with E-state index >= 15 is 0 Å². The molecule has 0 saturated heterocycles. The van der Waals surface area contributed by atoms with E-state index in [9.17, 15) is 9.59 Å². The molecule has 0 aliphatic rings. The van der Waals surface area contributed by atoms with Crippen LogP contribution in [0.25, 0.3) is 0 Å². The summed E-state index contributed by atoms with van der Waals surface area (Å²) in [6.07, 6.45) is 2.62. The van der Waals surface area contributed by atoms with Crippen LogP contribution in [0.5, 0.6) is 0 Å². The smallest absolute Gasteiger partial charge is 0.339 e. The summed E-state index contributed by atoms with van der Waals surface area (Å²) >= 11 is 0. The Morgan fingerprint density at radius 1 is 1.04 bits per heavy atom. The second-order valence-corrected chi connectivity index (χ2v) is 6.07. The van der Waals surface area contributed by atoms with Gasteiger partial charge in [0.2, 0.25) is 0 Å². The first-order valence-electron chi connectivity index (χ1n) is 8.38. The number of esters is 2. The molecule has 0 unspecified atom stereocenters. The highest BCUT2D eigenvalue weighted by Gasteiger charge is 2.21. The Balaban J connectivity index is 2.96. The van der Waals surface area contributed by atoms with Gasteiger partial charge in [-0.05, 0) is 62.3 Å². The lowest BCUT2D eigenvalue weighted by molar-refractivity contribution is 0.0460. The van der Waals surface area contributed by atoms with Crippen molar-refractivity contribution in [2.24, 2.45) is 5.92 Å². The lowest BCUT2D eigenvalue weighted by Crippen LogP contribution is -2.16. The van der Waals surface area contributed by atoms with E-state index in [1.165, 1.54) is 0 Å². The van der Waals surface area contributed by atoms with Crippen molar-refractivity contribution in [1.29, 1.82) is 0 Å². The number of aryl methyl sites for hydroxylation is 2. The third kappa shape index (κ3) is 5.70. The molecule has 0 aliphatic heterocycles. The van der Waals surface area contributed by atoms with E-state index in [4.69, 9.17) is 9.47 Å². The van der Waals surface area contributed by atoms with Gasteiger partial charge in [-0.25, -0.2) is 9.59 Å². The molecule has 0 spiro atoms. The van der Waals surface area contributed by atoms with E-state index in [-0.39, 0.29) is 6.61 Å². The molecular formula is C19H28O4. The van der Waals surface area contributed by atoms with Gasteiger partial charge in [0, 0.05) is 0 Å². The van der Waals surface area contributed by atoms with Crippen LogP contribution in [0.1, 0.15) is 72.4 Å². The fourth-order valence-electron chi connectivity index (χ4n) is 2.41. The lowest BCUT2D eigenvalue weighted by Gasteiger charge is -2.13. The second-order valence-electron chi connectivity index (χ2n) is 6.07. The summed E-state index contributed by atoms with van der Waals surface area (Å²) in [5.41, 5.74) is 2.60. The van der Waals surface area contributed by atoms with Crippen LogP contribution in [0.2, 0.25) is 0 Å². The van der Waals surface area contributed by atoms with Gasteiger partial charge in [-0.1, -0.05) is 20.8 Å². The maximum absolute atomic E-state index is 12.3. The molecule has 1 rings (SSSR count). The zero-order chi connectivity index (χ0) is 17.4. The molecule has 1 aromatic carbocycles. The summed E-state index contributed by atoms with van der Waals surface area (Å²) in [6, 6.07) is 3.48. The molecule has 0 aliphatic carbocycles. The Hall–Kier alpha value is -1.84. The summed E-state index contributed by atoms with van der Waals surface area (Å²) in [5, 5.41) is 0. The third-order valence-corrected chi connectivity index (χ3v) is 3.73. The summed E-state index contributed by atoms with van der Waals surface area (Å²) in [7, 11) is 0. The summed E-state index contributed by atoms with van der Waals surface area (Å²) in [5.74, 6) is -0.353. The maximum Gasteiger partial charge on any atom is 0.339 e. The molecule has 4 heteroatoms. The number of hydrogen-bond donors (Lipinski definition) is 0. The molecule has 128 valence electrons.